The summed E-state index contributed by atoms with van der Waals surface area (Å²) in [6, 6.07) is 0.332. The zero-order valence-electron chi connectivity index (χ0n) is 10.4. The monoisotopic (exact) mass is 282 g/mol. The van der Waals surface area contributed by atoms with Gasteiger partial charge in [0.15, 0.2) is 5.78 Å². The summed E-state index contributed by atoms with van der Waals surface area (Å²) < 4.78 is 0. The average molecular weight is 283 g/mol. The molecule has 0 bridgehead atoms. The van der Waals surface area contributed by atoms with Crippen LogP contribution in [0.4, 0.5) is 0 Å². The smallest absolute Gasteiger partial charge is 0.151 e. The number of nitrogens with zero attached hydrogens (tertiary/aromatic N) is 1. The molecule has 1 unspecified atom stereocenters. The summed E-state index contributed by atoms with van der Waals surface area (Å²) in [5.41, 5.74) is 5.84. The predicted octanol–water partition coefficient (Wildman–Crippen LogP) is 2.01. The third-order valence-corrected chi connectivity index (χ3v) is 3.92. The number of Topliss-reactive ketones (excluding diaryl/α,β-unsaturated/α-hetero) is 1. The maximum Gasteiger partial charge on any atom is 0.151 e. The maximum absolute atomic E-state index is 11.6. The number of rotatable bonds is 2. The average Bonchev–Trinajstić information content (AvgIpc) is 2.21. The lowest BCUT2D eigenvalue weighted by Gasteiger charge is -2.44. The minimum atomic E-state index is -0.173. The lowest BCUT2D eigenvalue weighted by Crippen LogP contribution is -2.53. The van der Waals surface area contributed by atoms with Crippen molar-refractivity contribution in [2.24, 2.45) is 11.7 Å². The van der Waals surface area contributed by atoms with Crippen LogP contribution in [0.25, 0.3) is 0 Å². The van der Waals surface area contributed by atoms with Gasteiger partial charge in [-0.15, -0.1) is 24.8 Å². The molecular formula is C12H24Cl2N2O. The minimum absolute atomic E-state index is 0. The first-order chi connectivity index (χ1) is 7.22. The molecule has 3 atom stereocenters. The quantitative estimate of drug-likeness (QED) is 0.843. The fourth-order valence-electron chi connectivity index (χ4n) is 3.16. The van der Waals surface area contributed by atoms with Crippen LogP contribution in [-0.4, -0.2) is 35.9 Å². The van der Waals surface area contributed by atoms with Gasteiger partial charge in [-0.05, 0) is 44.7 Å². The largest absolute Gasteiger partial charge is 0.321 e. The van der Waals surface area contributed by atoms with E-state index in [1.165, 1.54) is 25.8 Å². The molecular weight excluding hydrogens is 259 g/mol. The van der Waals surface area contributed by atoms with Crippen LogP contribution in [0.3, 0.4) is 0 Å². The van der Waals surface area contributed by atoms with Crippen molar-refractivity contribution in [2.75, 3.05) is 13.1 Å². The van der Waals surface area contributed by atoms with E-state index in [9.17, 15) is 4.79 Å². The van der Waals surface area contributed by atoms with Crippen LogP contribution in [0, 0.1) is 5.92 Å². The van der Waals surface area contributed by atoms with Crippen LogP contribution in [-0.2, 0) is 4.79 Å². The van der Waals surface area contributed by atoms with Crippen molar-refractivity contribution < 1.29 is 4.79 Å². The van der Waals surface area contributed by atoms with Crippen molar-refractivity contribution >= 4 is 30.6 Å². The van der Waals surface area contributed by atoms with Crippen LogP contribution < -0.4 is 5.73 Å². The number of nitrogens with two attached hydrogens (primary N) is 1. The minimum Gasteiger partial charge on any atom is -0.321 e. The van der Waals surface area contributed by atoms with E-state index in [1.807, 2.05) is 0 Å². The first-order valence-corrected chi connectivity index (χ1v) is 6.24. The Morgan fingerprint density at radius 3 is 2.76 bits per heavy atom. The molecule has 102 valence electrons. The van der Waals surface area contributed by atoms with Crippen molar-refractivity contribution in [1.82, 2.24) is 4.90 Å². The predicted molar refractivity (Wildman–Crippen MR) is 75.1 cm³/mol. The van der Waals surface area contributed by atoms with Crippen molar-refractivity contribution in [3.05, 3.63) is 0 Å². The normalized spacial score (nSPS) is 33.3. The van der Waals surface area contributed by atoms with Crippen LogP contribution in [0.5, 0.6) is 0 Å². The lowest BCUT2D eigenvalue weighted by molar-refractivity contribution is -0.126. The number of likely N-dealkylation sites (tertiary alicyclic amines) is 1. The molecule has 1 aliphatic carbocycles. The highest BCUT2D eigenvalue weighted by Crippen LogP contribution is 2.33. The fourth-order valence-corrected chi connectivity index (χ4v) is 3.16. The highest BCUT2D eigenvalue weighted by atomic mass is 35.5. The highest BCUT2D eigenvalue weighted by Gasteiger charge is 2.38. The van der Waals surface area contributed by atoms with E-state index in [0.29, 0.717) is 18.4 Å². The van der Waals surface area contributed by atoms with Gasteiger partial charge in [-0.3, -0.25) is 9.69 Å². The van der Waals surface area contributed by atoms with Gasteiger partial charge in [-0.1, -0.05) is 6.92 Å². The molecule has 2 N–H and O–H groups in total. The number of carbonyl (C=O) groups excluding carboxylic acids is 1. The van der Waals surface area contributed by atoms with E-state index >= 15 is 0 Å². The Kier molecular flexibility index (Phi) is 7.65. The molecule has 1 heterocycles. The van der Waals surface area contributed by atoms with Crippen molar-refractivity contribution in [2.45, 2.75) is 51.1 Å². The van der Waals surface area contributed by atoms with Gasteiger partial charge >= 0.3 is 0 Å². The molecule has 2 fully saturated rings. The number of hydrogen-bond acceptors (Lipinski definition) is 3. The molecule has 0 amide bonds. The molecule has 2 aliphatic rings. The number of fused-ring (bicyclic) bond motifs is 1. The molecule has 1 saturated carbocycles. The first-order valence-electron chi connectivity index (χ1n) is 6.24. The van der Waals surface area contributed by atoms with Crippen molar-refractivity contribution in [3.8, 4) is 0 Å². The van der Waals surface area contributed by atoms with Gasteiger partial charge in [-0.25, -0.2) is 0 Å². The second-order valence-electron chi connectivity index (χ2n) is 5.02. The summed E-state index contributed by atoms with van der Waals surface area (Å²) >= 11 is 0. The Labute approximate surface area is 116 Å². The highest BCUT2D eigenvalue weighted by molar-refractivity contribution is 5.86. The van der Waals surface area contributed by atoms with Gasteiger partial charge in [0, 0.05) is 12.5 Å². The van der Waals surface area contributed by atoms with Gasteiger partial charge in [0.25, 0.3) is 0 Å². The Morgan fingerprint density at radius 2 is 2.12 bits per heavy atom. The first kappa shape index (κ1) is 17.2. The molecule has 1 aliphatic heterocycles. The van der Waals surface area contributed by atoms with E-state index in [4.69, 9.17) is 5.73 Å². The van der Waals surface area contributed by atoms with E-state index in [1.54, 1.807) is 0 Å². The molecule has 3 nitrogen and oxygen atoms in total. The Hall–Kier alpha value is 0.170. The van der Waals surface area contributed by atoms with E-state index in [-0.39, 0.29) is 36.6 Å². The van der Waals surface area contributed by atoms with Gasteiger partial charge in [0.2, 0.25) is 0 Å². The number of carbonyl (C=O) groups is 1. The Balaban J connectivity index is 0.00000128. The third kappa shape index (κ3) is 3.82. The topological polar surface area (TPSA) is 46.3 Å². The van der Waals surface area contributed by atoms with E-state index in [0.717, 1.165) is 13.0 Å². The van der Waals surface area contributed by atoms with Crippen LogP contribution in [0.2, 0.25) is 0 Å². The lowest BCUT2D eigenvalue weighted by atomic mass is 9.76. The zero-order valence-corrected chi connectivity index (χ0v) is 12.1. The van der Waals surface area contributed by atoms with Crippen LogP contribution in [0.15, 0.2) is 0 Å². The molecule has 0 aromatic carbocycles. The molecule has 0 aromatic rings. The summed E-state index contributed by atoms with van der Waals surface area (Å²) in [5.74, 6) is 0.956. The summed E-state index contributed by atoms with van der Waals surface area (Å²) in [5, 5.41) is 0. The van der Waals surface area contributed by atoms with Crippen LogP contribution in [0.1, 0.15) is 39.0 Å². The number of piperidine rings is 1. The number of ketones is 1. The van der Waals surface area contributed by atoms with Gasteiger partial charge in [0.05, 0.1) is 6.04 Å². The summed E-state index contributed by atoms with van der Waals surface area (Å²) in [6.45, 7) is 4.53. The third-order valence-electron chi connectivity index (χ3n) is 3.92. The van der Waals surface area contributed by atoms with Gasteiger partial charge in [-0.2, -0.15) is 0 Å². The zero-order chi connectivity index (χ0) is 10.8. The Bertz CT molecular complexity index is 242. The van der Waals surface area contributed by atoms with Gasteiger partial charge < -0.3 is 5.73 Å². The van der Waals surface area contributed by atoms with Crippen LogP contribution >= 0.6 is 24.8 Å². The second-order valence-corrected chi connectivity index (χ2v) is 5.02. The standard InChI is InChI=1S/C12H22N2O.2ClH/c1-2-5-14-6-3-4-9-7-10(13)12(15)8-11(9)14;;/h9-11H,2-8,13H2,1H3;2*1H/t9-,10?,11-;;/m0../s1. The number of hydrogen-bond donors (Lipinski definition) is 1. The van der Waals surface area contributed by atoms with Gasteiger partial charge in [0.1, 0.15) is 0 Å². The molecule has 17 heavy (non-hydrogen) atoms. The maximum atomic E-state index is 11.6. The molecule has 0 spiro atoms. The molecule has 2 rings (SSSR count). The Morgan fingerprint density at radius 1 is 1.41 bits per heavy atom. The molecule has 0 radical (unpaired) electrons. The van der Waals surface area contributed by atoms with E-state index in [2.05, 4.69) is 11.8 Å². The summed E-state index contributed by atoms with van der Waals surface area (Å²) in [4.78, 5) is 14.2. The van der Waals surface area contributed by atoms with Crippen molar-refractivity contribution in [3.63, 3.8) is 0 Å². The van der Waals surface area contributed by atoms with Crippen molar-refractivity contribution in [1.29, 1.82) is 0 Å². The fraction of sp³-hybridized carbons (Fsp3) is 0.917. The molecule has 0 aromatic heterocycles. The number of halogens is 2. The second kappa shape index (κ2) is 7.57. The summed E-state index contributed by atoms with van der Waals surface area (Å²) in [6.07, 6.45) is 5.35. The molecule has 1 saturated heterocycles. The molecule has 5 heteroatoms. The summed E-state index contributed by atoms with van der Waals surface area (Å²) in [7, 11) is 0. The SMILES string of the molecule is CCCN1CCC[C@H]2CC(N)C(=O)C[C@@H]21.Cl.Cl. The van der Waals surface area contributed by atoms with E-state index < -0.39 is 0 Å².